The van der Waals surface area contributed by atoms with Crippen molar-refractivity contribution < 1.29 is 23.4 Å². The highest BCUT2D eigenvalue weighted by Gasteiger charge is 2.29. The third-order valence-electron chi connectivity index (χ3n) is 4.69. The fourth-order valence-electron chi connectivity index (χ4n) is 3.55. The van der Waals surface area contributed by atoms with Crippen molar-refractivity contribution in [2.75, 3.05) is 6.61 Å². The number of benzene rings is 1. The third-order valence-corrected chi connectivity index (χ3v) is 4.69. The van der Waals surface area contributed by atoms with Gasteiger partial charge in [-0.2, -0.15) is 4.39 Å². The Hall–Kier alpha value is -1.65. The molecule has 1 saturated carbocycles. The van der Waals surface area contributed by atoms with Crippen molar-refractivity contribution in [2.45, 2.75) is 58.3 Å². The molecule has 1 aliphatic carbocycles. The van der Waals surface area contributed by atoms with E-state index in [1.54, 1.807) is 6.92 Å². The van der Waals surface area contributed by atoms with Gasteiger partial charge in [0, 0.05) is 5.56 Å². The first-order valence-corrected chi connectivity index (χ1v) is 8.37. The lowest BCUT2D eigenvalue weighted by molar-refractivity contribution is 0.0690. The first-order valence-electron chi connectivity index (χ1n) is 8.37. The van der Waals surface area contributed by atoms with Gasteiger partial charge in [0.1, 0.15) is 0 Å². The zero-order valence-corrected chi connectivity index (χ0v) is 13.7. The van der Waals surface area contributed by atoms with E-state index in [2.05, 4.69) is 6.92 Å². The highest BCUT2D eigenvalue weighted by atomic mass is 19.2. The normalized spacial score (nSPS) is 21.2. The summed E-state index contributed by atoms with van der Waals surface area (Å²) in [5, 5.41) is 9.10. The molecule has 0 spiro atoms. The van der Waals surface area contributed by atoms with E-state index < -0.39 is 23.2 Å². The second-order valence-corrected chi connectivity index (χ2v) is 6.21. The Kier molecular flexibility index (Phi) is 5.97. The minimum atomic E-state index is -1.45. The van der Waals surface area contributed by atoms with Crippen LogP contribution in [0.3, 0.4) is 0 Å². The topological polar surface area (TPSA) is 46.5 Å². The zero-order chi connectivity index (χ0) is 17.0. The van der Waals surface area contributed by atoms with Gasteiger partial charge in [-0.05, 0) is 50.5 Å². The molecular formula is C18H24F2O3. The molecule has 0 amide bonds. The number of rotatable bonds is 6. The monoisotopic (exact) mass is 326 g/mol. The van der Waals surface area contributed by atoms with E-state index >= 15 is 0 Å². The Morgan fingerprint density at radius 1 is 1.22 bits per heavy atom. The summed E-state index contributed by atoms with van der Waals surface area (Å²) in [6.45, 7) is 4.07. The summed E-state index contributed by atoms with van der Waals surface area (Å²) < 4.78 is 33.5. The molecule has 0 heterocycles. The van der Waals surface area contributed by atoms with Crippen LogP contribution in [0, 0.1) is 17.6 Å². The van der Waals surface area contributed by atoms with Crippen molar-refractivity contribution in [3.63, 3.8) is 0 Å². The van der Waals surface area contributed by atoms with Crippen LogP contribution in [0.25, 0.3) is 0 Å². The molecule has 1 N–H and O–H groups in total. The molecule has 23 heavy (non-hydrogen) atoms. The molecule has 2 rings (SSSR count). The second kappa shape index (κ2) is 7.75. The maximum Gasteiger partial charge on any atom is 0.338 e. The lowest BCUT2D eigenvalue weighted by Crippen LogP contribution is -2.16. The molecule has 3 nitrogen and oxygen atoms in total. The fraction of sp³-hybridized carbons (Fsp3) is 0.611. The van der Waals surface area contributed by atoms with Crippen molar-refractivity contribution in [1.29, 1.82) is 0 Å². The van der Waals surface area contributed by atoms with Crippen LogP contribution < -0.4 is 4.74 Å². The fourth-order valence-corrected chi connectivity index (χ4v) is 3.55. The van der Waals surface area contributed by atoms with Crippen molar-refractivity contribution in [1.82, 2.24) is 0 Å². The van der Waals surface area contributed by atoms with Gasteiger partial charge in [0.2, 0.25) is 5.82 Å². The molecule has 0 aliphatic heterocycles. The van der Waals surface area contributed by atoms with Gasteiger partial charge in [-0.15, -0.1) is 0 Å². The summed E-state index contributed by atoms with van der Waals surface area (Å²) in [7, 11) is 0. The molecular weight excluding hydrogens is 302 g/mol. The summed E-state index contributed by atoms with van der Waals surface area (Å²) in [6.07, 6.45) is 6.11. The first-order chi connectivity index (χ1) is 11.0. The molecule has 128 valence electrons. The molecule has 0 bridgehead atoms. The predicted molar refractivity (Wildman–Crippen MR) is 84.1 cm³/mol. The molecule has 5 heteroatoms. The minimum Gasteiger partial charge on any atom is -0.490 e. The van der Waals surface area contributed by atoms with Gasteiger partial charge in [0.05, 0.1) is 12.2 Å². The molecule has 0 saturated heterocycles. The molecule has 0 aromatic heterocycles. The number of carbonyl (C=O) groups is 1. The SMILES string of the molecule is CCC[C@H]1CC[C@H](c2cc(C(=O)O)c(F)c(F)c2OCC)CC1. The van der Waals surface area contributed by atoms with Crippen LogP contribution in [0.15, 0.2) is 6.07 Å². The Morgan fingerprint density at radius 2 is 1.87 bits per heavy atom. The molecule has 1 fully saturated rings. The summed E-state index contributed by atoms with van der Waals surface area (Å²) in [5.74, 6) is -3.39. The van der Waals surface area contributed by atoms with Gasteiger partial charge in [-0.25, -0.2) is 9.18 Å². The molecule has 1 aromatic rings. The summed E-state index contributed by atoms with van der Waals surface area (Å²) in [5.41, 5.74) is -0.116. The maximum atomic E-state index is 14.3. The van der Waals surface area contributed by atoms with Gasteiger partial charge in [-0.1, -0.05) is 19.8 Å². The quantitative estimate of drug-likeness (QED) is 0.787. The van der Waals surface area contributed by atoms with E-state index in [-0.39, 0.29) is 18.3 Å². The highest BCUT2D eigenvalue weighted by molar-refractivity contribution is 5.88. The first kappa shape index (κ1) is 17.7. The van der Waals surface area contributed by atoms with E-state index in [4.69, 9.17) is 9.84 Å². The van der Waals surface area contributed by atoms with E-state index in [0.717, 1.165) is 32.1 Å². The summed E-state index contributed by atoms with van der Waals surface area (Å²) in [6, 6.07) is 1.26. The number of carboxylic acid groups (broad SMARTS) is 1. The maximum absolute atomic E-state index is 14.3. The van der Waals surface area contributed by atoms with Gasteiger partial charge in [0.25, 0.3) is 0 Å². The van der Waals surface area contributed by atoms with Crippen LogP contribution in [0.1, 0.15) is 74.2 Å². The largest absolute Gasteiger partial charge is 0.490 e. The van der Waals surface area contributed by atoms with E-state index in [1.807, 2.05) is 0 Å². The summed E-state index contributed by atoms with van der Waals surface area (Å²) >= 11 is 0. The Bertz CT molecular complexity index is 564. The highest BCUT2D eigenvalue weighted by Crippen LogP contribution is 2.42. The summed E-state index contributed by atoms with van der Waals surface area (Å²) in [4.78, 5) is 11.2. The van der Waals surface area contributed by atoms with E-state index in [9.17, 15) is 13.6 Å². The van der Waals surface area contributed by atoms with Crippen LogP contribution in [-0.2, 0) is 0 Å². The van der Waals surface area contributed by atoms with Crippen molar-refractivity contribution in [3.8, 4) is 5.75 Å². The molecule has 1 aliphatic rings. The number of aromatic carboxylic acids is 1. The van der Waals surface area contributed by atoms with Gasteiger partial charge in [0.15, 0.2) is 11.6 Å². The lowest BCUT2D eigenvalue weighted by atomic mass is 9.76. The Balaban J connectivity index is 2.34. The van der Waals surface area contributed by atoms with Gasteiger partial charge in [-0.3, -0.25) is 0 Å². The minimum absolute atomic E-state index is 0.0258. The Labute approximate surface area is 135 Å². The zero-order valence-electron chi connectivity index (χ0n) is 13.7. The van der Waals surface area contributed by atoms with Crippen LogP contribution >= 0.6 is 0 Å². The average molecular weight is 326 g/mol. The van der Waals surface area contributed by atoms with Crippen LogP contribution in [0.5, 0.6) is 5.75 Å². The van der Waals surface area contributed by atoms with Gasteiger partial charge < -0.3 is 9.84 Å². The standard InChI is InChI=1S/C18H24F2O3/c1-3-5-11-6-8-12(9-7-11)13-10-14(18(21)22)15(19)16(20)17(13)23-4-2/h10-12H,3-9H2,1-2H3,(H,21,22)/t11-,12-. The van der Waals surface area contributed by atoms with Crippen LogP contribution in [-0.4, -0.2) is 17.7 Å². The molecule has 0 unspecified atom stereocenters. The molecule has 0 radical (unpaired) electrons. The molecule has 1 aromatic carbocycles. The average Bonchev–Trinajstić information content (AvgIpc) is 2.53. The van der Waals surface area contributed by atoms with Crippen molar-refractivity contribution in [3.05, 3.63) is 28.8 Å². The third kappa shape index (κ3) is 3.82. The van der Waals surface area contributed by atoms with Crippen molar-refractivity contribution >= 4 is 5.97 Å². The second-order valence-electron chi connectivity index (χ2n) is 6.21. The van der Waals surface area contributed by atoms with Gasteiger partial charge >= 0.3 is 5.97 Å². The molecule has 0 atom stereocenters. The number of hydrogen-bond acceptors (Lipinski definition) is 2. The van der Waals surface area contributed by atoms with E-state index in [0.29, 0.717) is 11.5 Å². The van der Waals surface area contributed by atoms with Crippen molar-refractivity contribution in [2.24, 2.45) is 5.92 Å². The lowest BCUT2D eigenvalue weighted by Gasteiger charge is -2.30. The van der Waals surface area contributed by atoms with Crippen LogP contribution in [0.2, 0.25) is 0 Å². The smallest absolute Gasteiger partial charge is 0.338 e. The number of hydrogen-bond donors (Lipinski definition) is 1. The Morgan fingerprint density at radius 3 is 2.39 bits per heavy atom. The number of halogens is 2. The van der Waals surface area contributed by atoms with Crippen LogP contribution in [0.4, 0.5) is 8.78 Å². The number of ether oxygens (including phenoxy) is 1. The predicted octanol–water partition coefficient (Wildman–Crippen LogP) is 5.14. The number of carboxylic acids is 1. The van der Waals surface area contributed by atoms with E-state index in [1.165, 1.54) is 12.5 Å².